The van der Waals surface area contributed by atoms with Crippen molar-refractivity contribution in [2.75, 3.05) is 5.32 Å². The zero-order valence-corrected chi connectivity index (χ0v) is 7.66. The fourth-order valence-electron chi connectivity index (χ4n) is 1.55. The monoisotopic (exact) mass is 187 g/mol. The van der Waals surface area contributed by atoms with E-state index in [1.807, 2.05) is 19.1 Å². The molecule has 2 rings (SSSR count). The lowest BCUT2D eigenvalue weighted by Crippen LogP contribution is -2.41. The van der Waals surface area contributed by atoms with E-state index in [-0.39, 0.29) is 0 Å². The molecule has 14 heavy (non-hydrogen) atoms. The van der Waals surface area contributed by atoms with Crippen molar-refractivity contribution >= 4 is 11.6 Å². The number of anilines is 1. The van der Waals surface area contributed by atoms with Crippen LogP contribution in [-0.4, -0.2) is 5.91 Å². The number of nitrogens with one attached hydrogen (secondary N) is 1. The van der Waals surface area contributed by atoms with Crippen LogP contribution in [0.3, 0.4) is 0 Å². The van der Waals surface area contributed by atoms with Gasteiger partial charge in [-0.05, 0) is 13.0 Å². The van der Waals surface area contributed by atoms with Gasteiger partial charge in [-0.2, -0.15) is 5.26 Å². The van der Waals surface area contributed by atoms with Gasteiger partial charge in [0.1, 0.15) is 0 Å². The number of benzene rings is 1. The highest BCUT2D eigenvalue weighted by atomic mass is 16.2. The molecule has 1 aromatic carbocycles. The highest BCUT2D eigenvalue weighted by molar-refractivity contribution is 6.07. The number of nitrogens with zero attached hydrogens (tertiary/aromatic N) is 1. The summed E-state index contributed by atoms with van der Waals surface area (Å²) >= 11 is 0. The zero-order chi connectivity index (χ0) is 10.3. The maximum atomic E-state index is 11.4. The molecule has 1 aliphatic heterocycles. The molecule has 0 radical (unpaired) electrons. The molecule has 1 heterocycles. The van der Waals surface area contributed by atoms with E-state index in [4.69, 9.17) is 11.0 Å². The van der Waals surface area contributed by atoms with Gasteiger partial charge < -0.3 is 11.1 Å². The number of carbonyl (C=O) groups is 1. The number of hydrogen-bond donors (Lipinski definition) is 2. The molecule has 4 nitrogen and oxygen atoms in total. The maximum absolute atomic E-state index is 11.4. The van der Waals surface area contributed by atoms with Crippen molar-refractivity contribution in [3.63, 3.8) is 0 Å². The number of hydrogen-bond acceptors (Lipinski definition) is 3. The molecule has 1 aliphatic rings. The van der Waals surface area contributed by atoms with Gasteiger partial charge in [0.2, 0.25) is 5.54 Å². The molecule has 4 heteroatoms. The third kappa shape index (κ3) is 0.932. The molecule has 0 saturated heterocycles. The Morgan fingerprint density at radius 2 is 2.29 bits per heavy atom. The van der Waals surface area contributed by atoms with Gasteiger partial charge in [-0.1, -0.05) is 17.7 Å². The van der Waals surface area contributed by atoms with Gasteiger partial charge in [0.25, 0.3) is 5.91 Å². The van der Waals surface area contributed by atoms with E-state index in [9.17, 15) is 4.79 Å². The third-order valence-corrected chi connectivity index (χ3v) is 2.38. The van der Waals surface area contributed by atoms with Crippen LogP contribution in [0.25, 0.3) is 0 Å². The minimum Gasteiger partial charge on any atom is -0.323 e. The van der Waals surface area contributed by atoms with Crippen molar-refractivity contribution in [2.24, 2.45) is 5.73 Å². The molecule has 1 atom stereocenters. The largest absolute Gasteiger partial charge is 0.323 e. The van der Waals surface area contributed by atoms with Crippen LogP contribution in [0.15, 0.2) is 18.2 Å². The summed E-state index contributed by atoms with van der Waals surface area (Å²) < 4.78 is 0. The first kappa shape index (κ1) is 8.73. The lowest BCUT2D eigenvalue weighted by molar-refractivity contribution is -0.118. The highest BCUT2D eigenvalue weighted by Gasteiger charge is 2.43. The molecule has 1 amide bonds. The number of nitriles is 1. The fourth-order valence-corrected chi connectivity index (χ4v) is 1.55. The Morgan fingerprint density at radius 1 is 1.57 bits per heavy atom. The van der Waals surface area contributed by atoms with Crippen molar-refractivity contribution in [3.05, 3.63) is 29.3 Å². The Labute approximate surface area is 81.3 Å². The molecule has 0 aliphatic carbocycles. The second-order valence-electron chi connectivity index (χ2n) is 3.42. The van der Waals surface area contributed by atoms with Gasteiger partial charge in [-0.3, -0.25) is 4.79 Å². The van der Waals surface area contributed by atoms with E-state index in [1.54, 1.807) is 12.1 Å². The summed E-state index contributed by atoms with van der Waals surface area (Å²) in [5.41, 5.74) is 6.35. The first-order valence-electron chi connectivity index (χ1n) is 4.20. The third-order valence-electron chi connectivity index (χ3n) is 2.38. The number of rotatable bonds is 0. The molecule has 0 bridgehead atoms. The van der Waals surface area contributed by atoms with E-state index in [2.05, 4.69) is 5.32 Å². The van der Waals surface area contributed by atoms with Crippen molar-refractivity contribution in [1.29, 1.82) is 5.26 Å². The summed E-state index contributed by atoms with van der Waals surface area (Å²) in [4.78, 5) is 11.4. The van der Waals surface area contributed by atoms with E-state index < -0.39 is 11.4 Å². The lowest BCUT2D eigenvalue weighted by Gasteiger charge is -2.11. The van der Waals surface area contributed by atoms with Crippen LogP contribution in [0.1, 0.15) is 11.1 Å². The topological polar surface area (TPSA) is 78.9 Å². The van der Waals surface area contributed by atoms with Crippen molar-refractivity contribution in [2.45, 2.75) is 12.5 Å². The van der Waals surface area contributed by atoms with Crippen LogP contribution in [0.4, 0.5) is 5.69 Å². The average molecular weight is 187 g/mol. The second-order valence-corrected chi connectivity index (χ2v) is 3.42. The Kier molecular flexibility index (Phi) is 1.60. The normalized spacial score (nSPS) is 23.9. The summed E-state index contributed by atoms with van der Waals surface area (Å²) in [5.74, 6) is -0.458. The van der Waals surface area contributed by atoms with E-state index in [0.29, 0.717) is 11.3 Å². The second kappa shape index (κ2) is 2.56. The Bertz CT molecular complexity index is 461. The molecular weight excluding hydrogens is 178 g/mol. The lowest BCUT2D eigenvalue weighted by atomic mass is 9.93. The van der Waals surface area contributed by atoms with E-state index >= 15 is 0 Å². The predicted molar refractivity (Wildman–Crippen MR) is 51.3 cm³/mol. The minimum absolute atomic E-state index is 0.458. The standard InChI is InChI=1S/C10H9N3O/c1-6-2-3-8-7(4-6)10(12,5-11)9(14)13-8/h2-4H,12H2,1H3,(H,13,14)/t10-/m0/s1. The van der Waals surface area contributed by atoms with E-state index in [1.165, 1.54) is 0 Å². The number of aryl methyl sites for hydroxylation is 1. The number of amides is 1. The Hall–Kier alpha value is -1.86. The van der Waals surface area contributed by atoms with Gasteiger partial charge in [0, 0.05) is 11.3 Å². The Balaban J connectivity index is 2.69. The van der Waals surface area contributed by atoms with Gasteiger partial charge in [0.05, 0.1) is 6.07 Å². The molecule has 0 saturated carbocycles. The predicted octanol–water partition coefficient (Wildman–Crippen LogP) is 0.625. The fraction of sp³-hybridized carbons (Fsp3) is 0.200. The van der Waals surface area contributed by atoms with Crippen LogP contribution < -0.4 is 11.1 Å². The molecular formula is C10H9N3O. The summed E-state index contributed by atoms with van der Waals surface area (Å²) in [5, 5.41) is 11.5. The first-order valence-corrected chi connectivity index (χ1v) is 4.20. The molecule has 1 aromatic rings. The number of fused-ring (bicyclic) bond motifs is 1. The van der Waals surface area contributed by atoms with Gasteiger partial charge >= 0.3 is 0 Å². The smallest absolute Gasteiger partial charge is 0.264 e. The molecule has 0 unspecified atom stereocenters. The van der Waals surface area contributed by atoms with E-state index in [0.717, 1.165) is 5.56 Å². The van der Waals surface area contributed by atoms with Crippen LogP contribution in [0.5, 0.6) is 0 Å². The number of nitrogens with two attached hydrogens (primary N) is 1. The first-order chi connectivity index (χ1) is 6.58. The molecule has 0 spiro atoms. The zero-order valence-electron chi connectivity index (χ0n) is 7.66. The SMILES string of the molecule is Cc1ccc2c(c1)[C@@](N)(C#N)C(=O)N2. The van der Waals surface area contributed by atoms with Gasteiger partial charge in [-0.15, -0.1) is 0 Å². The summed E-state index contributed by atoms with van der Waals surface area (Å²) in [6, 6.07) is 7.22. The quantitative estimate of drug-likeness (QED) is 0.625. The Morgan fingerprint density at radius 3 is 2.93 bits per heavy atom. The van der Waals surface area contributed by atoms with Gasteiger partial charge in [-0.25, -0.2) is 0 Å². The summed E-state index contributed by atoms with van der Waals surface area (Å²) in [7, 11) is 0. The maximum Gasteiger partial charge on any atom is 0.264 e. The van der Waals surface area contributed by atoms with Crippen molar-refractivity contribution in [3.8, 4) is 6.07 Å². The van der Waals surface area contributed by atoms with Crippen LogP contribution >= 0.6 is 0 Å². The van der Waals surface area contributed by atoms with Crippen molar-refractivity contribution < 1.29 is 4.79 Å². The van der Waals surface area contributed by atoms with Crippen LogP contribution in [-0.2, 0) is 10.3 Å². The summed E-state index contributed by atoms with van der Waals surface area (Å²) in [6.45, 7) is 1.89. The number of carbonyl (C=O) groups excluding carboxylic acids is 1. The van der Waals surface area contributed by atoms with Crippen molar-refractivity contribution in [1.82, 2.24) is 0 Å². The van der Waals surface area contributed by atoms with Crippen LogP contribution in [0, 0.1) is 18.3 Å². The van der Waals surface area contributed by atoms with Crippen LogP contribution in [0.2, 0.25) is 0 Å². The molecule has 3 N–H and O–H groups in total. The summed E-state index contributed by atoms with van der Waals surface area (Å²) in [6.07, 6.45) is 0. The van der Waals surface area contributed by atoms with Gasteiger partial charge in [0.15, 0.2) is 0 Å². The minimum atomic E-state index is -1.53. The molecule has 0 fully saturated rings. The average Bonchev–Trinajstić information content (AvgIpc) is 2.41. The highest BCUT2D eigenvalue weighted by Crippen LogP contribution is 2.33. The molecule has 0 aromatic heterocycles. The molecule has 70 valence electrons.